The Labute approximate surface area is 136 Å². The van der Waals surface area contributed by atoms with Crippen LogP contribution in [0.5, 0.6) is 0 Å². The summed E-state index contributed by atoms with van der Waals surface area (Å²) in [7, 11) is 0. The summed E-state index contributed by atoms with van der Waals surface area (Å²) in [4.78, 5) is 4.43. The largest absolute Gasteiger partial charge is 0.319 e. The lowest BCUT2D eigenvalue weighted by Crippen LogP contribution is -2.07. The quantitative estimate of drug-likeness (QED) is 0.451. The zero-order valence-corrected chi connectivity index (χ0v) is 13.0. The van der Waals surface area contributed by atoms with E-state index in [1.165, 1.54) is 0 Å². The van der Waals surface area contributed by atoms with Gasteiger partial charge in [-0.1, -0.05) is 53.0 Å². The molecule has 1 unspecified atom stereocenters. The van der Waals surface area contributed by atoms with Crippen LogP contribution >= 0.6 is 34.8 Å². The third-order valence-corrected chi connectivity index (χ3v) is 4.63. The SMILES string of the molecule is Clc1cc(Cl)c2c(c1)-c1nccn1C2c1ccccc1Cl. The third kappa shape index (κ3) is 1.90. The molecule has 1 atom stereocenters. The van der Waals surface area contributed by atoms with E-state index in [0.717, 1.165) is 22.5 Å². The van der Waals surface area contributed by atoms with Crippen LogP contribution in [0.4, 0.5) is 0 Å². The summed E-state index contributed by atoms with van der Waals surface area (Å²) >= 11 is 19.0. The molecule has 104 valence electrons. The first-order chi connectivity index (χ1) is 10.2. The molecule has 1 aliphatic rings. The Hall–Kier alpha value is -1.48. The Kier molecular flexibility index (Phi) is 3.00. The highest BCUT2D eigenvalue weighted by molar-refractivity contribution is 6.36. The molecule has 0 aliphatic carbocycles. The number of aromatic nitrogens is 2. The van der Waals surface area contributed by atoms with Crippen molar-refractivity contribution in [2.75, 3.05) is 0 Å². The van der Waals surface area contributed by atoms with Gasteiger partial charge in [0.05, 0.1) is 6.04 Å². The summed E-state index contributed by atoms with van der Waals surface area (Å²) < 4.78 is 2.08. The van der Waals surface area contributed by atoms with Crippen molar-refractivity contribution < 1.29 is 0 Å². The van der Waals surface area contributed by atoms with Crippen LogP contribution in [0.2, 0.25) is 15.1 Å². The first-order valence-electron chi connectivity index (χ1n) is 6.43. The van der Waals surface area contributed by atoms with Crippen LogP contribution in [0.1, 0.15) is 17.2 Å². The van der Waals surface area contributed by atoms with Gasteiger partial charge in [-0.2, -0.15) is 0 Å². The minimum Gasteiger partial charge on any atom is -0.319 e. The number of rotatable bonds is 1. The number of imidazole rings is 1. The molecule has 0 bridgehead atoms. The van der Waals surface area contributed by atoms with Crippen molar-refractivity contribution in [3.8, 4) is 11.4 Å². The average Bonchev–Trinajstić information content (AvgIpc) is 3.01. The minimum absolute atomic E-state index is 0.0732. The Balaban J connectivity index is 2.05. The lowest BCUT2D eigenvalue weighted by molar-refractivity contribution is 0.717. The first kappa shape index (κ1) is 13.2. The Morgan fingerprint density at radius 2 is 1.81 bits per heavy atom. The zero-order chi connectivity index (χ0) is 14.6. The highest BCUT2D eigenvalue weighted by Crippen LogP contribution is 2.47. The van der Waals surface area contributed by atoms with Gasteiger partial charge in [0, 0.05) is 38.6 Å². The van der Waals surface area contributed by atoms with Crippen molar-refractivity contribution in [3.63, 3.8) is 0 Å². The normalized spacial score (nSPS) is 15.9. The number of fused-ring (bicyclic) bond motifs is 3. The van der Waals surface area contributed by atoms with Crippen molar-refractivity contribution in [2.45, 2.75) is 6.04 Å². The molecule has 3 aromatic rings. The van der Waals surface area contributed by atoms with E-state index in [9.17, 15) is 0 Å². The predicted molar refractivity (Wildman–Crippen MR) is 86.4 cm³/mol. The van der Waals surface area contributed by atoms with Gasteiger partial charge in [0.25, 0.3) is 0 Å². The van der Waals surface area contributed by atoms with E-state index in [4.69, 9.17) is 34.8 Å². The van der Waals surface area contributed by atoms with Crippen LogP contribution in [0.25, 0.3) is 11.4 Å². The second-order valence-electron chi connectivity index (χ2n) is 4.93. The summed E-state index contributed by atoms with van der Waals surface area (Å²) in [5.74, 6) is 0.860. The smallest absolute Gasteiger partial charge is 0.141 e. The minimum atomic E-state index is -0.0732. The van der Waals surface area contributed by atoms with Crippen LogP contribution in [-0.4, -0.2) is 9.55 Å². The van der Waals surface area contributed by atoms with E-state index in [2.05, 4.69) is 9.55 Å². The molecule has 4 rings (SSSR count). The van der Waals surface area contributed by atoms with E-state index in [1.54, 1.807) is 12.3 Å². The van der Waals surface area contributed by atoms with Gasteiger partial charge in [0.15, 0.2) is 0 Å². The molecule has 2 aromatic carbocycles. The molecular formula is C16H9Cl3N2. The highest BCUT2D eigenvalue weighted by atomic mass is 35.5. The van der Waals surface area contributed by atoms with Crippen LogP contribution in [-0.2, 0) is 0 Å². The van der Waals surface area contributed by atoms with Crippen LogP contribution < -0.4 is 0 Å². The van der Waals surface area contributed by atoms with E-state index < -0.39 is 0 Å². The lowest BCUT2D eigenvalue weighted by Gasteiger charge is -2.17. The highest BCUT2D eigenvalue weighted by Gasteiger charge is 2.33. The molecule has 0 fully saturated rings. The summed E-state index contributed by atoms with van der Waals surface area (Å²) in [5.41, 5.74) is 2.96. The van der Waals surface area contributed by atoms with Crippen molar-refractivity contribution in [1.29, 1.82) is 0 Å². The van der Waals surface area contributed by atoms with Gasteiger partial charge in [-0.05, 0) is 23.8 Å². The molecule has 0 saturated heterocycles. The molecule has 0 radical (unpaired) electrons. The molecule has 2 nitrogen and oxygen atoms in total. The Bertz CT molecular complexity index is 854. The molecular weight excluding hydrogens is 327 g/mol. The first-order valence-corrected chi connectivity index (χ1v) is 7.57. The van der Waals surface area contributed by atoms with Gasteiger partial charge in [-0.25, -0.2) is 4.98 Å². The number of benzene rings is 2. The zero-order valence-electron chi connectivity index (χ0n) is 10.7. The summed E-state index contributed by atoms with van der Waals surface area (Å²) in [5, 5.41) is 1.95. The fourth-order valence-electron chi connectivity index (χ4n) is 2.92. The molecule has 0 N–H and O–H groups in total. The van der Waals surface area contributed by atoms with E-state index >= 15 is 0 Å². The molecule has 2 heterocycles. The number of hydrogen-bond acceptors (Lipinski definition) is 1. The summed E-state index contributed by atoms with van der Waals surface area (Å²) in [6.45, 7) is 0. The maximum atomic E-state index is 6.45. The lowest BCUT2D eigenvalue weighted by atomic mass is 9.97. The molecule has 1 aliphatic heterocycles. The van der Waals surface area contributed by atoms with E-state index in [1.807, 2.05) is 36.5 Å². The third-order valence-electron chi connectivity index (χ3n) is 3.76. The van der Waals surface area contributed by atoms with Gasteiger partial charge in [-0.3, -0.25) is 0 Å². The van der Waals surface area contributed by atoms with Gasteiger partial charge in [0.1, 0.15) is 5.82 Å². The second-order valence-corrected chi connectivity index (χ2v) is 6.18. The van der Waals surface area contributed by atoms with Crippen molar-refractivity contribution in [2.24, 2.45) is 0 Å². The Morgan fingerprint density at radius 3 is 2.62 bits per heavy atom. The van der Waals surface area contributed by atoms with Crippen LogP contribution in [0.15, 0.2) is 48.8 Å². The van der Waals surface area contributed by atoms with Crippen LogP contribution in [0, 0.1) is 0 Å². The van der Waals surface area contributed by atoms with Crippen molar-refractivity contribution in [3.05, 3.63) is 75.0 Å². The van der Waals surface area contributed by atoms with Crippen molar-refractivity contribution in [1.82, 2.24) is 9.55 Å². The van der Waals surface area contributed by atoms with Crippen molar-refractivity contribution >= 4 is 34.8 Å². The van der Waals surface area contributed by atoms with E-state index in [0.29, 0.717) is 15.1 Å². The maximum absolute atomic E-state index is 6.45. The average molecular weight is 336 g/mol. The number of nitrogens with zero attached hydrogens (tertiary/aromatic N) is 2. The monoisotopic (exact) mass is 334 g/mol. The molecule has 0 saturated carbocycles. The maximum Gasteiger partial charge on any atom is 0.141 e. The van der Waals surface area contributed by atoms with Gasteiger partial charge >= 0.3 is 0 Å². The fraction of sp³-hybridized carbons (Fsp3) is 0.0625. The topological polar surface area (TPSA) is 17.8 Å². The number of halogens is 3. The molecule has 5 heteroatoms. The molecule has 0 spiro atoms. The second kappa shape index (κ2) is 4.77. The summed E-state index contributed by atoms with van der Waals surface area (Å²) in [6, 6.07) is 11.4. The van der Waals surface area contributed by atoms with Gasteiger partial charge in [-0.15, -0.1) is 0 Å². The standard InChI is InChI=1S/C16H9Cl3N2/c17-9-7-11-14(13(19)8-9)15(21-6-5-20-16(11)21)10-3-1-2-4-12(10)18/h1-8,15H. The van der Waals surface area contributed by atoms with Gasteiger partial charge in [0.2, 0.25) is 0 Å². The van der Waals surface area contributed by atoms with Crippen LogP contribution in [0.3, 0.4) is 0 Å². The molecule has 1 aromatic heterocycles. The predicted octanol–water partition coefficient (Wildman–Crippen LogP) is 5.46. The fourth-order valence-corrected chi connectivity index (χ4v) is 3.75. The van der Waals surface area contributed by atoms with Gasteiger partial charge < -0.3 is 4.57 Å². The molecule has 21 heavy (non-hydrogen) atoms. The number of hydrogen-bond donors (Lipinski definition) is 0. The Morgan fingerprint density at radius 1 is 1.00 bits per heavy atom. The molecule has 0 amide bonds. The van der Waals surface area contributed by atoms with E-state index in [-0.39, 0.29) is 6.04 Å². The summed E-state index contributed by atoms with van der Waals surface area (Å²) in [6.07, 6.45) is 3.71.